The highest BCUT2D eigenvalue weighted by Crippen LogP contribution is 2.33. The Balaban J connectivity index is 1.47. The molecule has 2 N–H and O–H groups in total. The minimum Gasteiger partial charge on any atom is -0.493 e. The molecule has 8 heteroatoms. The van der Waals surface area contributed by atoms with Crippen molar-refractivity contribution >= 4 is 23.4 Å². The van der Waals surface area contributed by atoms with Crippen LogP contribution in [0.15, 0.2) is 36.4 Å². The summed E-state index contributed by atoms with van der Waals surface area (Å²) in [5.74, 6) is 0.307. The maximum atomic E-state index is 12.9. The lowest BCUT2D eigenvalue weighted by molar-refractivity contribution is -0.134. The van der Waals surface area contributed by atoms with Gasteiger partial charge < -0.3 is 25.0 Å². The summed E-state index contributed by atoms with van der Waals surface area (Å²) in [6.07, 6.45) is 0.574. The van der Waals surface area contributed by atoms with Gasteiger partial charge in [-0.3, -0.25) is 14.4 Å². The van der Waals surface area contributed by atoms with E-state index in [2.05, 4.69) is 10.6 Å². The lowest BCUT2D eigenvalue weighted by Crippen LogP contribution is -2.46. The predicted molar refractivity (Wildman–Crippen MR) is 110 cm³/mol. The summed E-state index contributed by atoms with van der Waals surface area (Å²) in [6.45, 7) is 0.945. The fraction of sp³-hybridized carbons (Fsp3) is 0.318. The fourth-order valence-electron chi connectivity index (χ4n) is 3.86. The third-order valence-electron chi connectivity index (χ3n) is 5.50. The van der Waals surface area contributed by atoms with E-state index in [0.717, 1.165) is 11.1 Å². The number of amides is 3. The van der Waals surface area contributed by atoms with Crippen molar-refractivity contribution in [2.24, 2.45) is 0 Å². The average molecular weight is 409 g/mol. The van der Waals surface area contributed by atoms with Gasteiger partial charge in [-0.05, 0) is 41.8 Å². The number of anilines is 1. The Morgan fingerprint density at radius 2 is 1.80 bits per heavy atom. The van der Waals surface area contributed by atoms with Gasteiger partial charge in [0.25, 0.3) is 5.91 Å². The van der Waals surface area contributed by atoms with Crippen LogP contribution >= 0.6 is 0 Å². The topological polar surface area (TPSA) is 97.0 Å². The van der Waals surface area contributed by atoms with Crippen LogP contribution in [0, 0.1) is 0 Å². The molecule has 0 aromatic heterocycles. The molecule has 2 aliphatic heterocycles. The summed E-state index contributed by atoms with van der Waals surface area (Å²) < 4.78 is 10.7. The summed E-state index contributed by atoms with van der Waals surface area (Å²) in [7, 11) is 3.16. The van der Waals surface area contributed by atoms with Crippen molar-refractivity contribution in [3.8, 4) is 11.5 Å². The number of nitrogens with one attached hydrogen (secondary N) is 2. The predicted octanol–water partition coefficient (Wildman–Crippen LogP) is 1.73. The Hall–Kier alpha value is -3.55. The summed E-state index contributed by atoms with van der Waals surface area (Å²) in [4.78, 5) is 39.7. The summed E-state index contributed by atoms with van der Waals surface area (Å²) in [5, 5.41) is 5.40. The first kappa shape index (κ1) is 19.8. The van der Waals surface area contributed by atoms with E-state index in [1.54, 1.807) is 43.4 Å². The molecular formula is C22H23N3O5. The molecule has 0 bridgehead atoms. The molecule has 0 fully saturated rings. The van der Waals surface area contributed by atoms with E-state index in [1.165, 1.54) is 0 Å². The summed E-state index contributed by atoms with van der Waals surface area (Å²) >= 11 is 0. The van der Waals surface area contributed by atoms with Crippen molar-refractivity contribution in [1.82, 2.24) is 10.2 Å². The highest BCUT2D eigenvalue weighted by molar-refractivity contribution is 6.10. The van der Waals surface area contributed by atoms with Crippen molar-refractivity contribution in [1.29, 1.82) is 0 Å². The number of nitrogens with zero attached hydrogens (tertiary/aromatic N) is 1. The molecule has 30 heavy (non-hydrogen) atoms. The maximum absolute atomic E-state index is 12.9. The minimum atomic E-state index is -0.927. The van der Waals surface area contributed by atoms with E-state index < -0.39 is 11.9 Å². The molecule has 156 valence electrons. The Labute approximate surface area is 174 Å². The molecule has 4 rings (SSSR count). The van der Waals surface area contributed by atoms with E-state index >= 15 is 0 Å². The van der Waals surface area contributed by atoms with Crippen molar-refractivity contribution in [2.45, 2.75) is 25.4 Å². The second-order valence-corrected chi connectivity index (χ2v) is 7.31. The fourth-order valence-corrected chi connectivity index (χ4v) is 3.86. The van der Waals surface area contributed by atoms with E-state index in [-0.39, 0.29) is 18.2 Å². The highest BCUT2D eigenvalue weighted by Gasteiger charge is 2.32. The molecule has 2 aromatic rings. The minimum absolute atomic E-state index is 0.103. The van der Waals surface area contributed by atoms with Crippen LogP contribution in [0.2, 0.25) is 0 Å². The van der Waals surface area contributed by atoms with Gasteiger partial charge in [0.05, 0.1) is 31.9 Å². The number of hydrogen-bond donors (Lipinski definition) is 2. The van der Waals surface area contributed by atoms with Gasteiger partial charge in [0, 0.05) is 13.1 Å². The van der Waals surface area contributed by atoms with Crippen LogP contribution in [0.5, 0.6) is 11.5 Å². The van der Waals surface area contributed by atoms with E-state index in [0.29, 0.717) is 42.3 Å². The third kappa shape index (κ3) is 3.68. The lowest BCUT2D eigenvalue weighted by atomic mass is 9.98. The van der Waals surface area contributed by atoms with E-state index in [9.17, 15) is 14.4 Å². The number of methoxy groups -OCH3 is 2. The van der Waals surface area contributed by atoms with Crippen molar-refractivity contribution in [3.05, 3.63) is 53.1 Å². The Morgan fingerprint density at radius 3 is 2.53 bits per heavy atom. The molecule has 2 aromatic carbocycles. The third-order valence-corrected chi connectivity index (χ3v) is 5.50. The van der Waals surface area contributed by atoms with Crippen LogP contribution in [0.1, 0.15) is 27.9 Å². The smallest absolute Gasteiger partial charge is 0.254 e. The van der Waals surface area contributed by atoms with Crippen molar-refractivity contribution in [2.75, 3.05) is 26.1 Å². The second kappa shape index (κ2) is 8.06. The average Bonchev–Trinajstić information content (AvgIpc) is 2.88. The standard InChI is InChI=1S/C22H23N3O5/c1-29-18-9-13-7-8-25(12-14(13)10-19(18)30-2)20(26)11-17-22(28)23-16-6-4-3-5-15(16)21(27)24-17/h3-6,9-10,17H,7-8,11-12H2,1-2H3,(H,23,28)(H,24,27)/t17-/m0/s1. The number of benzene rings is 2. The van der Waals surface area contributed by atoms with Gasteiger partial charge >= 0.3 is 0 Å². The summed E-state index contributed by atoms with van der Waals surface area (Å²) in [5.41, 5.74) is 2.92. The monoisotopic (exact) mass is 409 g/mol. The molecule has 0 saturated heterocycles. The SMILES string of the molecule is COc1cc2c(cc1OC)CN(C(=O)C[C@@H]1NC(=O)c3ccccc3NC1=O)CC2. The van der Waals surface area contributed by atoms with Crippen LogP contribution in [-0.4, -0.2) is 49.4 Å². The first-order valence-corrected chi connectivity index (χ1v) is 9.72. The van der Waals surface area contributed by atoms with Crippen molar-refractivity contribution < 1.29 is 23.9 Å². The largest absolute Gasteiger partial charge is 0.493 e. The van der Waals surface area contributed by atoms with E-state index in [1.807, 2.05) is 12.1 Å². The Kier molecular flexibility index (Phi) is 5.31. The quantitative estimate of drug-likeness (QED) is 0.802. The number of fused-ring (bicyclic) bond motifs is 2. The second-order valence-electron chi connectivity index (χ2n) is 7.31. The number of carbonyl (C=O) groups excluding carboxylic acids is 3. The Morgan fingerprint density at radius 1 is 1.10 bits per heavy atom. The van der Waals surface area contributed by atoms with Gasteiger partial charge in [0.1, 0.15) is 6.04 Å². The molecule has 3 amide bonds. The normalized spacial score (nSPS) is 17.8. The van der Waals surface area contributed by atoms with Gasteiger partial charge in [-0.1, -0.05) is 12.1 Å². The van der Waals surface area contributed by atoms with Crippen LogP contribution < -0.4 is 20.1 Å². The summed E-state index contributed by atoms with van der Waals surface area (Å²) in [6, 6.07) is 9.66. The van der Waals surface area contributed by atoms with Crippen LogP contribution in [0.3, 0.4) is 0 Å². The van der Waals surface area contributed by atoms with Gasteiger partial charge in [-0.2, -0.15) is 0 Å². The van der Waals surface area contributed by atoms with E-state index in [4.69, 9.17) is 9.47 Å². The van der Waals surface area contributed by atoms with Gasteiger partial charge in [0.2, 0.25) is 11.8 Å². The number of hydrogen-bond acceptors (Lipinski definition) is 5. The number of rotatable bonds is 4. The zero-order chi connectivity index (χ0) is 21.3. The number of para-hydroxylation sites is 1. The zero-order valence-corrected chi connectivity index (χ0v) is 16.9. The number of carbonyl (C=O) groups is 3. The first-order chi connectivity index (χ1) is 14.5. The Bertz CT molecular complexity index is 1020. The van der Waals surface area contributed by atoms with Gasteiger partial charge in [0.15, 0.2) is 11.5 Å². The molecule has 0 unspecified atom stereocenters. The van der Waals surface area contributed by atoms with Crippen LogP contribution in [0.25, 0.3) is 0 Å². The molecule has 0 spiro atoms. The molecule has 1 atom stereocenters. The molecule has 0 saturated carbocycles. The zero-order valence-electron chi connectivity index (χ0n) is 16.9. The molecule has 2 aliphatic rings. The first-order valence-electron chi connectivity index (χ1n) is 9.72. The lowest BCUT2D eigenvalue weighted by Gasteiger charge is -2.30. The molecular weight excluding hydrogens is 386 g/mol. The van der Waals surface area contributed by atoms with Crippen LogP contribution in [-0.2, 0) is 22.6 Å². The van der Waals surface area contributed by atoms with Crippen LogP contribution in [0.4, 0.5) is 5.69 Å². The molecule has 2 heterocycles. The molecule has 0 radical (unpaired) electrons. The van der Waals surface area contributed by atoms with Gasteiger partial charge in [-0.15, -0.1) is 0 Å². The number of ether oxygens (including phenoxy) is 2. The van der Waals surface area contributed by atoms with Gasteiger partial charge in [-0.25, -0.2) is 0 Å². The molecule has 0 aliphatic carbocycles. The molecule has 8 nitrogen and oxygen atoms in total. The maximum Gasteiger partial charge on any atom is 0.254 e. The van der Waals surface area contributed by atoms with Crippen molar-refractivity contribution in [3.63, 3.8) is 0 Å². The highest BCUT2D eigenvalue weighted by atomic mass is 16.5.